The van der Waals surface area contributed by atoms with E-state index in [0.29, 0.717) is 17.1 Å². The third-order valence-electron chi connectivity index (χ3n) is 2.26. The molecule has 0 bridgehead atoms. The predicted octanol–water partition coefficient (Wildman–Crippen LogP) is 0.714. The van der Waals surface area contributed by atoms with Gasteiger partial charge >= 0.3 is 0 Å². The molecule has 2 aromatic rings. The van der Waals surface area contributed by atoms with Crippen molar-refractivity contribution in [3.8, 4) is 11.5 Å². The first-order valence-electron chi connectivity index (χ1n) is 5.11. The first kappa shape index (κ1) is 11.9. The number of ether oxygens (including phenoxy) is 1. The molecule has 0 fully saturated rings. The maximum absolute atomic E-state index is 11.7. The fourth-order valence-corrected chi connectivity index (χ4v) is 1.36. The lowest BCUT2D eigenvalue weighted by atomic mass is 10.2. The molecule has 0 spiro atoms. The molecule has 1 amide bonds. The number of phenolic OH excluding ortho intramolecular Hbond substituents is 1. The number of aromatic hydroxyl groups is 1. The van der Waals surface area contributed by atoms with Gasteiger partial charge in [-0.25, -0.2) is 0 Å². The summed E-state index contributed by atoms with van der Waals surface area (Å²) in [5, 5.41) is 15.7. The van der Waals surface area contributed by atoms with Gasteiger partial charge in [-0.3, -0.25) is 4.79 Å². The van der Waals surface area contributed by atoms with E-state index >= 15 is 0 Å². The smallest absolute Gasteiger partial charge is 0.251 e. The summed E-state index contributed by atoms with van der Waals surface area (Å²) in [5.74, 6) is 0.244. The number of carbonyl (C=O) groups excluding carboxylic acids is 1. The predicted molar refractivity (Wildman–Crippen MR) is 60.1 cm³/mol. The molecule has 7 heteroatoms. The number of nitrogens with one attached hydrogen (secondary N) is 1. The lowest BCUT2D eigenvalue weighted by molar-refractivity contribution is 0.0949. The normalized spacial score (nSPS) is 10.1. The Labute approximate surface area is 102 Å². The molecule has 0 aliphatic rings. The fraction of sp³-hybridized carbons (Fsp3) is 0.182. The Balaban J connectivity index is 2.02. The topological polar surface area (TPSA) is 97.5 Å². The molecule has 1 aromatic carbocycles. The Morgan fingerprint density at radius 3 is 3.00 bits per heavy atom. The van der Waals surface area contributed by atoms with E-state index in [0.717, 1.165) is 0 Å². The molecule has 0 aliphatic carbocycles. The van der Waals surface area contributed by atoms with Gasteiger partial charge in [-0.2, -0.15) is 4.98 Å². The van der Waals surface area contributed by atoms with Gasteiger partial charge in [-0.1, -0.05) is 5.16 Å². The molecule has 1 aromatic heterocycles. The number of methoxy groups -OCH3 is 1. The van der Waals surface area contributed by atoms with Crippen LogP contribution in [0.4, 0.5) is 0 Å². The van der Waals surface area contributed by atoms with Crippen molar-refractivity contribution in [3.63, 3.8) is 0 Å². The van der Waals surface area contributed by atoms with Gasteiger partial charge in [0.25, 0.3) is 5.91 Å². The fourth-order valence-electron chi connectivity index (χ4n) is 1.36. The van der Waals surface area contributed by atoms with Crippen molar-refractivity contribution in [1.29, 1.82) is 0 Å². The molecular weight excluding hydrogens is 238 g/mol. The number of benzene rings is 1. The molecule has 0 atom stereocenters. The number of phenols is 1. The first-order chi connectivity index (χ1) is 8.70. The zero-order chi connectivity index (χ0) is 13.0. The summed E-state index contributed by atoms with van der Waals surface area (Å²) in [7, 11) is 1.44. The van der Waals surface area contributed by atoms with Gasteiger partial charge in [0.2, 0.25) is 6.39 Å². The summed E-state index contributed by atoms with van der Waals surface area (Å²) in [6, 6.07) is 4.38. The highest BCUT2D eigenvalue weighted by atomic mass is 16.5. The highest BCUT2D eigenvalue weighted by Crippen LogP contribution is 2.26. The second-order valence-electron chi connectivity index (χ2n) is 3.42. The van der Waals surface area contributed by atoms with E-state index in [-0.39, 0.29) is 18.2 Å². The summed E-state index contributed by atoms with van der Waals surface area (Å²) < 4.78 is 9.42. The average Bonchev–Trinajstić information content (AvgIpc) is 2.89. The molecule has 7 nitrogen and oxygen atoms in total. The number of hydrogen-bond donors (Lipinski definition) is 2. The van der Waals surface area contributed by atoms with Gasteiger partial charge in [0.1, 0.15) is 0 Å². The van der Waals surface area contributed by atoms with Crippen molar-refractivity contribution in [1.82, 2.24) is 15.5 Å². The average molecular weight is 249 g/mol. The summed E-state index contributed by atoms with van der Waals surface area (Å²) in [6.07, 6.45) is 1.18. The highest BCUT2D eigenvalue weighted by molar-refractivity contribution is 5.94. The van der Waals surface area contributed by atoms with E-state index in [1.165, 1.54) is 25.6 Å². The van der Waals surface area contributed by atoms with Gasteiger partial charge < -0.3 is 19.7 Å². The number of nitrogens with zero attached hydrogens (tertiary/aromatic N) is 2. The van der Waals surface area contributed by atoms with Crippen LogP contribution in [-0.2, 0) is 6.54 Å². The zero-order valence-corrected chi connectivity index (χ0v) is 9.58. The maximum atomic E-state index is 11.7. The van der Waals surface area contributed by atoms with Gasteiger partial charge in [0.15, 0.2) is 17.3 Å². The Morgan fingerprint density at radius 1 is 1.56 bits per heavy atom. The molecule has 2 rings (SSSR count). The largest absolute Gasteiger partial charge is 0.504 e. The molecule has 1 heterocycles. The van der Waals surface area contributed by atoms with Crippen LogP contribution in [0.1, 0.15) is 16.2 Å². The van der Waals surface area contributed by atoms with Crippen molar-refractivity contribution < 1.29 is 19.2 Å². The van der Waals surface area contributed by atoms with Crippen molar-refractivity contribution in [2.45, 2.75) is 6.54 Å². The number of carbonyl (C=O) groups is 1. The molecule has 94 valence electrons. The molecule has 2 N–H and O–H groups in total. The molecule has 0 radical (unpaired) electrons. The van der Waals surface area contributed by atoms with Crippen LogP contribution in [0.2, 0.25) is 0 Å². The standard InChI is InChI=1S/C11H11N3O4/c1-17-9-3-2-7(4-8(9)15)11(16)12-5-10-13-6-18-14-10/h2-4,6,15H,5H2,1H3,(H,12,16). The Hall–Kier alpha value is -2.57. The van der Waals surface area contributed by atoms with E-state index in [2.05, 4.69) is 20.0 Å². The minimum atomic E-state index is -0.349. The van der Waals surface area contributed by atoms with Crippen molar-refractivity contribution >= 4 is 5.91 Å². The molecule has 0 unspecified atom stereocenters. The third-order valence-corrected chi connectivity index (χ3v) is 2.26. The molecule has 18 heavy (non-hydrogen) atoms. The summed E-state index contributed by atoms with van der Waals surface area (Å²) in [4.78, 5) is 15.5. The van der Waals surface area contributed by atoms with Crippen LogP contribution in [0.5, 0.6) is 11.5 Å². The molecule has 0 saturated heterocycles. The summed E-state index contributed by atoms with van der Waals surface area (Å²) >= 11 is 0. The molecule has 0 saturated carbocycles. The minimum absolute atomic E-state index is 0.0929. The molecular formula is C11H11N3O4. The monoisotopic (exact) mass is 249 g/mol. The second-order valence-corrected chi connectivity index (χ2v) is 3.42. The summed E-state index contributed by atoms with van der Waals surface area (Å²) in [5.41, 5.74) is 0.316. The Bertz CT molecular complexity index is 539. The molecule has 0 aliphatic heterocycles. The van der Waals surface area contributed by atoms with Crippen molar-refractivity contribution in [2.24, 2.45) is 0 Å². The SMILES string of the molecule is COc1ccc(C(=O)NCc2ncon2)cc1O. The number of aromatic nitrogens is 2. The van der Waals surface area contributed by atoms with Crippen molar-refractivity contribution in [3.05, 3.63) is 36.0 Å². The quantitative estimate of drug-likeness (QED) is 0.828. The van der Waals surface area contributed by atoms with E-state index in [4.69, 9.17) is 4.74 Å². The lowest BCUT2D eigenvalue weighted by Crippen LogP contribution is -2.23. The zero-order valence-electron chi connectivity index (χ0n) is 9.58. The van der Waals surface area contributed by atoms with Crippen LogP contribution in [-0.4, -0.2) is 28.3 Å². The number of amides is 1. The third kappa shape index (κ3) is 2.57. The van der Waals surface area contributed by atoms with Crippen molar-refractivity contribution in [2.75, 3.05) is 7.11 Å². The highest BCUT2D eigenvalue weighted by Gasteiger charge is 2.10. The Morgan fingerprint density at radius 2 is 2.39 bits per heavy atom. The van der Waals surface area contributed by atoms with Gasteiger partial charge in [0, 0.05) is 5.56 Å². The Kier molecular flexibility index (Phi) is 3.42. The number of rotatable bonds is 4. The lowest BCUT2D eigenvalue weighted by Gasteiger charge is -2.06. The van der Waals surface area contributed by atoms with Gasteiger partial charge in [-0.15, -0.1) is 0 Å². The minimum Gasteiger partial charge on any atom is -0.504 e. The van der Waals surface area contributed by atoms with Crippen LogP contribution in [0, 0.1) is 0 Å². The second kappa shape index (κ2) is 5.17. The van der Waals surface area contributed by atoms with Crippen LogP contribution in [0.15, 0.2) is 29.1 Å². The van der Waals surface area contributed by atoms with Crippen LogP contribution >= 0.6 is 0 Å². The van der Waals surface area contributed by atoms with E-state index < -0.39 is 0 Å². The van der Waals surface area contributed by atoms with E-state index in [1.54, 1.807) is 6.07 Å². The first-order valence-corrected chi connectivity index (χ1v) is 5.11. The summed E-state index contributed by atoms with van der Waals surface area (Å²) in [6.45, 7) is 0.155. The van der Waals surface area contributed by atoms with E-state index in [9.17, 15) is 9.90 Å². The van der Waals surface area contributed by atoms with Gasteiger partial charge in [-0.05, 0) is 18.2 Å². The maximum Gasteiger partial charge on any atom is 0.251 e. The number of hydrogen-bond acceptors (Lipinski definition) is 6. The van der Waals surface area contributed by atoms with E-state index in [1.807, 2.05) is 0 Å². The van der Waals surface area contributed by atoms with Crippen LogP contribution in [0.3, 0.4) is 0 Å². The van der Waals surface area contributed by atoms with Gasteiger partial charge in [0.05, 0.1) is 13.7 Å². The van der Waals surface area contributed by atoms with Crippen LogP contribution in [0.25, 0.3) is 0 Å². The van der Waals surface area contributed by atoms with Crippen LogP contribution < -0.4 is 10.1 Å².